The normalized spacial score (nSPS) is 11.3. The smallest absolute Gasteiger partial charge is 0.248 e. The lowest BCUT2D eigenvalue weighted by Gasteiger charge is -2.16. The number of hydrogen-bond donors (Lipinski definition) is 4. The molecule has 6 heteroatoms. The number of nitrogens with one attached hydrogen (secondary N) is 1. The Kier molecular flexibility index (Phi) is 8.12. The first-order valence-corrected chi connectivity index (χ1v) is 9.82. The molecule has 5 nitrogen and oxygen atoms in total. The van der Waals surface area contributed by atoms with Gasteiger partial charge in [-0.2, -0.15) is 11.8 Å². The Morgan fingerprint density at radius 3 is 2.27 bits per heavy atom. The molecule has 5 N–H and O–H groups in total. The topological polar surface area (TPSA) is 95.6 Å². The standard InChI is InChI=1S/C20H26N2O3S/c21-20(24,25)18-8-6-17(7-9-18)10-13-22-19(23)12-15-26-14-11-16-4-2-1-3-5-16/h1-9,24-25H,10-15,21H2,(H,22,23). The van der Waals surface area contributed by atoms with E-state index in [2.05, 4.69) is 17.4 Å². The van der Waals surface area contributed by atoms with Crippen LogP contribution in [0, 0.1) is 0 Å². The average molecular weight is 375 g/mol. The number of carbonyl (C=O) groups excluding carboxylic acids is 1. The van der Waals surface area contributed by atoms with E-state index in [1.54, 1.807) is 36.0 Å². The van der Waals surface area contributed by atoms with Gasteiger partial charge in [-0.05, 0) is 29.7 Å². The van der Waals surface area contributed by atoms with Crippen LogP contribution in [0.2, 0.25) is 0 Å². The molecule has 0 spiro atoms. The second-order valence-electron chi connectivity index (χ2n) is 6.12. The van der Waals surface area contributed by atoms with E-state index in [1.165, 1.54) is 5.56 Å². The molecule has 0 radical (unpaired) electrons. The SMILES string of the molecule is NC(O)(O)c1ccc(CCNC(=O)CCSCCc2ccccc2)cc1. The highest BCUT2D eigenvalue weighted by atomic mass is 32.2. The molecule has 0 fully saturated rings. The molecule has 0 bridgehead atoms. The number of rotatable bonds is 10. The highest BCUT2D eigenvalue weighted by molar-refractivity contribution is 7.99. The Morgan fingerprint density at radius 2 is 1.62 bits per heavy atom. The fourth-order valence-electron chi connectivity index (χ4n) is 2.45. The Labute approximate surface area is 158 Å². The number of amides is 1. The zero-order valence-electron chi connectivity index (χ0n) is 14.7. The first kappa shape index (κ1) is 20.5. The molecular formula is C20H26N2O3S. The maximum atomic E-state index is 11.8. The first-order chi connectivity index (χ1) is 12.4. The highest BCUT2D eigenvalue weighted by Gasteiger charge is 2.18. The van der Waals surface area contributed by atoms with Gasteiger partial charge in [0.25, 0.3) is 0 Å². The van der Waals surface area contributed by atoms with Gasteiger partial charge < -0.3 is 15.5 Å². The minimum Gasteiger partial charge on any atom is -0.356 e. The van der Waals surface area contributed by atoms with Gasteiger partial charge in [0, 0.05) is 24.3 Å². The number of hydrogen-bond acceptors (Lipinski definition) is 5. The summed E-state index contributed by atoms with van der Waals surface area (Å²) in [5.41, 5.74) is 7.75. The van der Waals surface area contributed by atoms with Crippen molar-refractivity contribution in [2.24, 2.45) is 5.73 Å². The van der Waals surface area contributed by atoms with Crippen molar-refractivity contribution in [2.45, 2.75) is 25.2 Å². The fourth-order valence-corrected chi connectivity index (χ4v) is 3.37. The van der Waals surface area contributed by atoms with E-state index in [-0.39, 0.29) is 11.5 Å². The number of carbonyl (C=O) groups is 1. The van der Waals surface area contributed by atoms with Crippen molar-refractivity contribution >= 4 is 17.7 Å². The van der Waals surface area contributed by atoms with Gasteiger partial charge in [0.1, 0.15) is 0 Å². The third kappa shape index (κ3) is 7.58. The van der Waals surface area contributed by atoms with Crippen LogP contribution in [0.5, 0.6) is 0 Å². The fraction of sp³-hybridized carbons (Fsp3) is 0.350. The van der Waals surface area contributed by atoms with E-state index < -0.39 is 5.91 Å². The third-order valence-corrected chi connectivity index (χ3v) is 4.95. The molecule has 2 aromatic rings. The molecule has 0 unspecified atom stereocenters. The molecule has 1 amide bonds. The first-order valence-electron chi connectivity index (χ1n) is 8.66. The van der Waals surface area contributed by atoms with Gasteiger partial charge in [-0.1, -0.05) is 54.6 Å². The summed E-state index contributed by atoms with van der Waals surface area (Å²) in [4.78, 5) is 11.8. The highest BCUT2D eigenvalue weighted by Crippen LogP contribution is 2.13. The van der Waals surface area contributed by atoms with Crippen molar-refractivity contribution in [1.82, 2.24) is 5.32 Å². The Bertz CT molecular complexity index is 670. The van der Waals surface area contributed by atoms with Crippen molar-refractivity contribution in [3.05, 3.63) is 71.3 Å². The summed E-state index contributed by atoms with van der Waals surface area (Å²) in [5, 5.41) is 21.5. The van der Waals surface area contributed by atoms with Gasteiger partial charge in [0.05, 0.1) is 0 Å². The monoisotopic (exact) mass is 374 g/mol. The van der Waals surface area contributed by atoms with Crippen molar-refractivity contribution in [1.29, 1.82) is 0 Å². The summed E-state index contributed by atoms with van der Waals surface area (Å²) in [6.07, 6.45) is 2.22. The molecule has 2 rings (SSSR count). The van der Waals surface area contributed by atoms with Crippen LogP contribution in [-0.4, -0.2) is 34.2 Å². The maximum Gasteiger partial charge on any atom is 0.248 e. The largest absolute Gasteiger partial charge is 0.356 e. The molecule has 0 aliphatic rings. The van der Waals surface area contributed by atoms with Crippen LogP contribution in [0.3, 0.4) is 0 Å². The number of nitrogens with two attached hydrogens (primary N) is 1. The molecule has 0 aromatic heterocycles. The zero-order valence-corrected chi connectivity index (χ0v) is 15.5. The predicted octanol–water partition coefficient (Wildman–Crippen LogP) is 1.76. The van der Waals surface area contributed by atoms with Crippen LogP contribution in [0.15, 0.2) is 54.6 Å². The zero-order chi connectivity index (χ0) is 18.8. The average Bonchev–Trinajstić information content (AvgIpc) is 2.62. The molecule has 0 atom stereocenters. The van der Waals surface area contributed by atoms with Crippen LogP contribution >= 0.6 is 11.8 Å². The van der Waals surface area contributed by atoms with E-state index in [0.29, 0.717) is 19.4 Å². The van der Waals surface area contributed by atoms with E-state index in [4.69, 9.17) is 5.73 Å². The van der Waals surface area contributed by atoms with Crippen molar-refractivity contribution < 1.29 is 15.0 Å². The minimum atomic E-state index is -2.31. The quantitative estimate of drug-likeness (QED) is 0.375. The lowest BCUT2D eigenvalue weighted by atomic mass is 10.1. The minimum absolute atomic E-state index is 0.0560. The van der Waals surface area contributed by atoms with Crippen LogP contribution in [0.4, 0.5) is 0 Å². The summed E-state index contributed by atoms with van der Waals surface area (Å²) < 4.78 is 0. The molecule has 0 heterocycles. The lowest BCUT2D eigenvalue weighted by Crippen LogP contribution is -2.35. The maximum absolute atomic E-state index is 11.8. The van der Waals surface area contributed by atoms with Crippen LogP contribution in [0.1, 0.15) is 23.1 Å². The number of aryl methyl sites for hydroxylation is 1. The number of benzene rings is 2. The van der Waals surface area contributed by atoms with Gasteiger partial charge in [-0.15, -0.1) is 0 Å². The summed E-state index contributed by atoms with van der Waals surface area (Å²) in [5.74, 6) is -0.424. The summed E-state index contributed by atoms with van der Waals surface area (Å²) >= 11 is 1.79. The molecule has 26 heavy (non-hydrogen) atoms. The molecule has 0 aliphatic heterocycles. The molecule has 2 aromatic carbocycles. The molecular weight excluding hydrogens is 348 g/mol. The molecule has 140 valence electrons. The van der Waals surface area contributed by atoms with Gasteiger partial charge in [-0.25, -0.2) is 0 Å². The van der Waals surface area contributed by atoms with Gasteiger partial charge in [0.2, 0.25) is 11.8 Å². The Balaban J connectivity index is 1.56. The Morgan fingerprint density at radius 1 is 0.962 bits per heavy atom. The molecule has 0 saturated carbocycles. The van der Waals surface area contributed by atoms with Crippen LogP contribution in [-0.2, 0) is 23.5 Å². The van der Waals surface area contributed by atoms with Gasteiger partial charge in [0.15, 0.2) is 0 Å². The second kappa shape index (κ2) is 10.3. The third-order valence-electron chi connectivity index (χ3n) is 3.97. The van der Waals surface area contributed by atoms with Gasteiger partial charge in [-0.3, -0.25) is 10.5 Å². The van der Waals surface area contributed by atoms with E-state index in [0.717, 1.165) is 23.5 Å². The molecule has 0 saturated heterocycles. The molecule has 0 aliphatic carbocycles. The van der Waals surface area contributed by atoms with Crippen LogP contribution in [0.25, 0.3) is 0 Å². The van der Waals surface area contributed by atoms with Crippen molar-refractivity contribution in [3.8, 4) is 0 Å². The Hall–Kier alpha value is -1.86. The number of thioether (sulfide) groups is 1. The summed E-state index contributed by atoms with van der Waals surface area (Å²) in [6, 6.07) is 17.0. The van der Waals surface area contributed by atoms with E-state index in [1.807, 2.05) is 18.2 Å². The number of aliphatic hydroxyl groups is 2. The van der Waals surface area contributed by atoms with Crippen LogP contribution < -0.4 is 11.1 Å². The summed E-state index contributed by atoms with van der Waals surface area (Å²) in [7, 11) is 0. The van der Waals surface area contributed by atoms with E-state index in [9.17, 15) is 15.0 Å². The van der Waals surface area contributed by atoms with Crippen molar-refractivity contribution in [3.63, 3.8) is 0 Å². The van der Waals surface area contributed by atoms with Crippen molar-refractivity contribution in [2.75, 3.05) is 18.1 Å². The lowest BCUT2D eigenvalue weighted by molar-refractivity contribution is -0.163. The van der Waals surface area contributed by atoms with E-state index >= 15 is 0 Å². The predicted molar refractivity (Wildman–Crippen MR) is 106 cm³/mol. The van der Waals surface area contributed by atoms with Gasteiger partial charge >= 0.3 is 0 Å². The summed E-state index contributed by atoms with van der Waals surface area (Å²) in [6.45, 7) is 0.554. The second-order valence-corrected chi connectivity index (χ2v) is 7.35.